The molecule has 0 spiro atoms. The quantitative estimate of drug-likeness (QED) is 0.548. The van der Waals surface area contributed by atoms with Crippen molar-refractivity contribution in [3.05, 3.63) is 11.1 Å². The summed E-state index contributed by atoms with van der Waals surface area (Å²) in [7, 11) is 0. The zero-order valence-electron chi connectivity index (χ0n) is 7.42. The first-order chi connectivity index (χ1) is 5.04. The number of anilines is 1. The molecule has 3 N–H and O–H groups in total. The van der Waals surface area contributed by atoms with E-state index in [2.05, 4.69) is 31.2 Å². The zero-order chi connectivity index (χ0) is 8.48. The smallest absolute Gasteiger partial charge is 0.197 e. The molecule has 3 nitrogen and oxygen atoms in total. The lowest BCUT2D eigenvalue weighted by molar-refractivity contribution is 0.573. The number of nitrogens with zero attached hydrogens (tertiary/aromatic N) is 1. The second kappa shape index (κ2) is 4.07. The van der Waals surface area contributed by atoms with Gasteiger partial charge in [0.15, 0.2) is 5.13 Å². The summed E-state index contributed by atoms with van der Waals surface area (Å²) in [6, 6.07) is 0. The summed E-state index contributed by atoms with van der Waals surface area (Å²) in [5.41, 5.74) is 3.72. The largest absolute Gasteiger partial charge is 0.300 e. The highest BCUT2D eigenvalue weighted by Crippen LogP contribution is 2.25. The highest BCUT2D eigenvalue weighted by atomic mass is 35.5. The molecule has 5 heteroatoms. The van der Waals surface area contributed by atoms with Gasteiger partial charge in [0.2, 0.25) is 0 Å². The minimum absolute atomic E-state index is 0. The maximum absolute atomic E-state index is 5.20. The van der Waals surface area contributed by atoms with E-state index in [9.17, 15) is 0 Å². The maximum Gasteiger partial charge on any atom is 0.197 e. The Bertz CT molecular complexity index is 241. The van der Waals surface area contributed by atoms with Gasteiger partial charge in [0.25, 0.3) is 0 Å². The summed E-state index contributed by atoms with van der Waals surface area (Å²) in [5.74, 6) is 5.20. The van der Waals surface area contributed by atoms with Gasteiger partial charge in [-0.15, -0.1) is 23.7 Å². The van der Waals surface area contributed by atoms with Crippen LogP contribution in [-0.2, 0) is 5.41 Å². The molecule has 1 aromatic rings. The van der Waals surface area contributed by atoms with Crippen molar-refractivity contribution in [2.24, 2.45) is 5.84 Å². The Labute approximate surface area is 82.8 Å². The van der Waals surface area contributed by atoms with E-state index in [1.54, 1.807) is 0 Å². The van der Waals surface area contributed by atoms with Gasteiger partial charge in [-0.1, -0.05) is 20.8 Å². The van der Waals surface area contributed by atoms with Crippen molar-refractivity contribution in [2.75, 3.05) is 5.43 Å². The highest BCUT2D eigenvalue weighted by molar-refractivity contribution is 7.13. The van der Waals surface area contributed by atoms with E-state index >= 15 is 0 Å². The van der Waals surface area contributed by atoms with Gasteiger partial charge >= 0.3 is 0 Å². The van der Waals surface area contributed by atoms with E-state index in [1.165, 1.54) is 11.3 Å². The van der Waals surface area contributed by atoms with Crippen molar-refractivity contribution in [1.29, 1.82) is 0 Å². The Morgan fingerprint density at radius 2 is 2.08 bits per heavy atom. The molecule has 0 aliphatic carbocycles. The molecule has 0 aliphatic heterocycles. The lowest BCUT2D eigenvalue weighted by atomic mass is 9.93. The number of aromatic nitrogens is 1. The minimum Gasteiger partial charge on any atom is -0.300 e. The van der Waals surface area contributed by atoms with Crippen molar-refractivity contribution in [1.82, 2.24) is 4.98 Å². The Kier molecular flexibility index (Phi) is 3.96. The lowest BCUT2D eigenvalue weighted by Crippen LogP contribution is -2.12. The molecule has 0 saturated heterocycles. The molecule has 0 fully saturated rings. The van der Waals surface area contributed by atoms with Gasteiger partial charge in [-0.25, -0.2) is 10.8 Å². The molecular weight excluding hydrogens is 194 g/mol. The van der Waals surface area contributed by atoms with Crippen LogP contribution in [0.25, 0.3) is 0 Å². The molecule has 70 valence electrons. The van der Waals surface area contributed by atoms with E-state index < -0.39 is 0 Å². The Morgan fingerprint density at radius 1 is 1.50 bits per heavy atom. The van der Waals surface area contributed by atoms with Gasteiger partial charge in [-0.3, -0.25) is 5.43 Å². The molecule has 0 radical (unpaired) electrons. The topological polar surface area (TPSA) is 50.9 Å². The summed E-state index contributed by atoms with van der Waals surface area (Å²) in [6.45, 7) is 6.38. The van der Waals surface area contributed by atoms with E-state index in [0.29, 0.717) is 0 Å². The molecule has 1 heterocycles. The molecule has 0 bridgehead atoms. The normalized spacial score (nSPS) is 10.7. The SMILES string of the molecule is CC(C)(C)c1csc(NN)n1.Cl. The van der Waals surface area contributed by atoms with Crippen molar-refractivity contribution in [2.45, 2.75) is 26.2 Å². The van der Waals surface area contributed by atoms with E-state index in [-0.39, 0.29) is 17.8 Å². The number of nitrogen functional groups attached to an aromatic ring is 1. The van der Waals surface area contributed by atoms with Crippen molar-refractivity contribution in [3.63, 3.8) is 0 Å². The number of halogens is 1. The lowest BCUT2D eigenvalue weighted by Gasteiger charge is -2.13. The summed E-state index contributed by atoms with van der Waals surface area (Å²) in [6.07, 6.45) is 0. The predicted molar refractivity (Wildman–Crippen MR) is 55.9 cm³/mol. The molecule has 1 aromatic heterocycles. The van der Waals surface area contributed by atoms with Crippen molar-refractivity contribution >= 4 is 28.9 Å². The van der Waals surface area contributed by atoms with Gasteiger partial charge in [0.05, 0.1) is 5.69 Å². The molecule has 0 amide bonds. The summed E-state index contributed by atoms with van der Waals surface area (Å²) in [5, 5.41) is 2.80. The standard InChI is InChI=1S/C7H13N3S.ClH/c1-7(2,3)5-4-11-6(9-5)10-8;/h4H,8H2,1-3H3,(H,9,10);1H. The predicted octanol–water partition coefficient (Wildman–Crippen LogP) is 2.15. The first-order valence-corrected chi connectivity index (χ1v) is 4.34. The molecule has 0 atom stereocenters. The number of hydrazine groups is 1. The van der Waals surface area contributed by atoms with Gasteiger partial charge in [-0.05, 0) is 0 Å². The van der Waals surface area contributed by atoms with Crippen LogP contribution in [0, 0.1) is 0 Å². The molecule has 0 aliphatic rings. The number of thiazole rings is 1. The fourth-order valence-electron chi connectivity index (χ4n) is 0.685. The van der Waals surface area contributed by atoms with E-state index in [0.717, 1.165) is 10.8 Å². The Balaban J connectivity index is 0.00000121. The second-order valence-electron chi connectivity index (χ2n) is 3.43. The third kappa shape index (κ3) is 2.62. The molecule has 1 rings (SSSR count). The fraction of sp³-hybridized carbons (Fsp3) is 0.571. The average Bonchev–Trinajstić information content (AvgIpc) is 2.32. The van der Waals surface area contributed by atoms with Crippen LogP contribution >= 0.6 is 23.7 Å². The summed E-state index contributed by atoms with van der Waals surface area (Å²) >= 11 is 1.53. The third-order valence-electron chi connectivity index (χ3n) is 1.40. The second-order valence-corrected chi connectivity index (χ2v) is 4.29. The molecule has 0 saturated carbocycles. The number of hydrogen-bond donors (Lipinski definition) is 2. The van der Waals surface area contributed by atoms with E-state index in [4.69, 9.17) is 5.84 Å². The van der Waals surface area contributed by atoms with Crippen LogP contribution in [0.1, 0.15) is 26.5 Å². The highest BCUT2D eigenvalue weighted by Gasteiger charge is 2.16. The number of rotatable bonds is 1. The van der Waals surface area contributed by atoms with Gasteiger partial charge < -0.3 is 0 Å². The first-order valence-electron chi connectivity index (χ1n) is 3.46. The summed E-state index contributed by atoms with van der Waals surface area (Å²) < 4.78 is 0. The van der Waals surface area contributed by atoms with Crippen LogP contribution < -0.4 is 11.3 Å². The van der Waals surface area contributed by atoms with Crippen LogP contribution in [-0.4, -0.2) is 4.98 Å². The van der Waals surface area contributed by atoms with Crippen LogP contribution in [0.4, 0.5) is 5.13 Å². The van der Waals surface area contributed by atoms with Crippen LogP contribution in [0.3, 0.4) is 0 Å². The van der Waals surface area contributed by atoms with E-state index in [1.807, 2.05) is 5.38 Å². The summed E-state index contributed by atoms with van der Waals surface area (Å²) in [4.78, 5) is 4.28. The number of hydrogen-bond acceptors (Lipinski definition) is 4. The fourth-order valence-corrected chi connectivity index (χ4v) is 1.53. The maximum atomic E-state index is 5.20. The van der Waals surface area contributed by atoms with Gasteiger partial charge in [-0.2, -0.15) is 0 Å². The Hall–Kier alpha value is -0.320. The molecular formula is C7H14ClN3S. The van der Waals surface area contributed by atoms with Crippen LogP contribution in [0.2, 0.25) is 0 Å². The number of nitrogens with one attached hydrogen (secondary N) is 1. The minimum atomic E-state index is 0. The molecule has 12 heavy (non-hydrogen) atoms. The van der Waals surface area contributed by atoms with Crippen LogP contribution in [0.15, 0.2) is 5.38 Å². The van der Waals surface area contributed by atoms with Gasteiger partial charge in [0.1, 0.15) is 0 Å². The zero-order valence-corrected chi connectivity index (χ0v) is 9.05. The Morgan fingerprint density at radius 3 is 2.33 bits per heavy atom. The third-order valence-corrected chi connectivity index (χ3v) is 2.17. The molecule has 0 aromatic carbocycles. The van der Waals surface area contributed by atoms with Crippen molar-refractivity contribution < 1.29 is 0 Å². The van der Waals surface area contributed by atoms with Crippen LogP contribution in [0.5, 0.6) is 0 Å². The first kappa shape index (κ1) is 11.7. The monoisotopic (exact) mass is 207 g/mol. The molecule has 0 unspecified atom stereocenters. The van der Waals surface area contributed by atoms with Crippen molar-refractivity contribution in [3.8, 4) is 0 Å². The van der Waals surface area contributed by atoms with Gasteiger partial charge in [0, 0.05) is 10.8 Å². The average molecular weight is 208 g/mol. The number of nitrogens with two attached hydrogens (primary N) is 1.